The van der Waals surface area contributed by atoms with Crippen molar-refractivity contribution in [2.75, 3.05) is 5.32 Å². The maximum absolute atomic E-state index is 13.1. The van der Waals surface area contributed by atoms with Gasteiger partial charge in [0.05, 0.1) is 35.5 Å². The molecule has 6 nitrogen and oxygen atoms in total. The van der Waals surface area contributed by atoms with E-state index in [1.807, 2.05) is 6.92 Å². The number of nitrogens with zero attached hydrogens (tertiary/aromatic N) is 2. The zero-order chi connectivity index (χ0) is 21.1. The van der Waals surface area contributed by atoms with Gasteiger partial charge in [0, 0.05) is 31.3 Å². The highest BCUT2D eigenvalue weighted by atomic mass is 19.4. The van der Waals surface area contributed by atoms with Gasteiger partial charge in [-0.1, -0.05) is 0 Å². The molecule has 2 aliphatic heterocycles. The van der Waals surface area contributed by atoms with Crippen molar-refractivity contribution in [2.45, 2.75) is 50.7 Å². The molecule has 0 spiro atoms. The summed E-state index contributed by atoms with van der Waals surface area (Å²) in [4.78, 5) is 13.1. The van der Waals surface area contributed by atoms with Crippen LogP contribution in [-0.2, 0) is 22.8 Å². The molecule has 9 heteroatoms. The lowest BCUT2D eigenvalue weighted by Gasteiger charge is -2.29. The van der Waals surface area contributed by atoms with Gasteiger partial charge in [0.1, 0.15) is 0 Å². The quantitative estimate of drug-likeness (QED) is 0.817. The van der Waals surface area contributed by atoms with E-state index in [1.54, 1.807) is 24.9 Å². The first-order chi connectivity index (χ1) is 13.5. The van der Waals surface area contributed by atoms with Crippen molar-refractivity contribution >= 4 is 11.6 Å². The number of alkyl halides is 3. The summed E-state index contributed by atoms with van der Waals surface area (Å²) in [5.74, 6) is -1.46. The first-order valence-electron chi connectivity index (χ1n) is 9.38. The third-order valence-electron chi connectivity index (χ3n) is 5.71. The van der Waals surface area contributed by atoms with Gasteiger partial charge in [0.2, 0.25) is 5.91 Å². The van der Waals surface area contributed by atoms with Crippen LogP contribution in [0, 0.1) is 19.8 Å². The maximum Gasteiger partial charge on any atom is 0.416 e. The molecule has 2 fully saturated rings. The molecule has 0 radical (unpaired) electrons. The molecule has 2 aromatic rings. The van der Waals surface area contributed by atoms with E-state index >= 15 is 0 Å². The van der Waals surface area contributed by atoms with Crippen LogP contribution in [0.15, 0.2) is 24.4 Å². The molecule has 2 saturated heterocycles. The highest BCUT2D eigenvalue weighted by molar-refractivity contribution is 5.94. The van der Waals surface area contributed by atoms with Crippen LogP contribution in [-0.4, -0.2) is 39.1 Å². The molecule has 29 heavy (non-hydrogen) atoms. The Labute approximate surface area is 165 Å². The zero-order valence-corrected chi connectivity index (χ0v) is 16.2. The van der Waals surface area contributed by atoms with Crippen LogP contribution < -0.4 is 5.32 Å². The number of hydrogen-bond donors (Lipinski definition) is 2. The summed E-state index contributed by atoms with van der Waals surface area (Å²) < 4.78 is 46.8. The smallest absolute Gasteiger partial charge is 0.390 e. The Hall–Kier alpha value is -2.39. The van der Waals surface area contributed by atoms with Crippen LogP contribution in [0.5, 0.6) is 0 Å². The summed E-state index contributed by atoms with van der Waals surface area (Å²) in [6, 6.07) is 3.47. The summed E-state index contributed by atoms with van der Waals surface area (Å²) in [7, 11) is 1.77. The molecule has 1 aromatic carbocycles. The molecular weight excluding hydrogens is 387 g/mol. The molecule has 1 amide bonds. The second-order valence-electron chi connectivity index (χ2n) is 7.91. The molecular formula is C20H22F3N3O3. The number of amides is 1. The number of halogens is 3. The molecule has 0 saturated carbocycles. The summed E-state index contributed by atoms with van der Waals surface area (Å²) >= 11 is 0. The first kappa shape index (κ1) is 19.9. The van der Waals surface area contributed by atoms with Crippen molar-refractivity contribution in [1.29, 1.82) is 0 Å². The monoisotopic (exact) mass is 409 g/mol. The molecule has 156 valence electrons. The van der Waals surface area contributed by atoms with Crippen LogP contribution in [0.25, 0.3) is 0 Å². The van der Waals surface area contributed by atoms with Gasteiger partial charge >= 0.3 is 6.18 Å². The number of aliphatic hydroxyl groups excluding tert-OH is 1. The SMILES string of the molecule is Cc1cc(NC(=O)[C@@H]2[C@@H](c3cn(C)nc3C)[C@H]3O[C@@H]2C[C@@H]3O)cc(C(F)(F)F)c1. The largest absolute Gasteiger partial charge is 0.416 e. The van der Waals surface area contributed by atoms with E-state index in [0.29, 0.717) is 12.0 Å². The average molecular weight is 409 g/mol. The summed E-state index contributed by atoms with van der Waals surface area (Å²) in [5, 5.41) is 17.2. The normalized spacial score (nSPS) is 28.7. The second-order valence-corrected chi connectivity index (χ2v) is 7.91. The fourth-order valence-electron chi connectivity index (χ4n) is 4.60. The maximum atomic E-state index is 13.1. The van der Waals surface area contributed by atoms with E-state index in [4.69, 9.17) is 4.74 Å². The van der Waals surface area contributed by atoms with Crippen LogP contribution in [0.4, 0.5) is 18.9 Å². The average Bonchev–Trinajstić information content (AvgIpc) is 3.24. The highest BCUT2D eigenvalue weighted by Gasteiger charge is 2.57. The van der Waals surface area contributed by atoms with Crippen molar-refractivity contribution < 1.29 is 27.8 Å². The number of fused-ring (bicyclic) bond motifs is 2. The number of nitrogens with one attached hydrogen (secondary N) is 1. The van der Waals surface area contributed by atoms with Crippen LogP contribution >= 0.6 is 0 Å². The van der Waals surface area contributed by atoms with E-state index < -0.39 is 47.8 Å². The minimum atomic E-state index is -4.50. The van der Waals surface area contributed by atoms with Gasteiger partial charge in [-0.3, -0.25) is 9.48 Å². The van der Waals surface area contributed by atoms with Gasteiger partial charge in [0.15, 0.2) is 0 Å². The van der Waals surface area contributed by atoms with Crippen molar-refractivity contribution in [3.63, 3.8) is 0 Å². The molecule has 1 aromatic heterocycles. The van der Waals surface area contributed by atoms with Gasteiger partial charge in [-0.2, -0.15) is 18.3 Å². The number of carbonyl (C=O) groups is 1. The number of carbonyl (C=O) groups excluding carboxylic acids is 1. The second kappa shape index (κ2) is 6.84. The first-order valence-corrected chi connectivity index (χ1v) is 9.38. The Morgan fingerprint density at radius 2 is 2.03 bits per heavy atom. The van der Waals surface area contributed by atoms with Crippen molar-refractivity contribution in [3.05, 3.63) is 46.8 Å². The van der Waals surface area contributed by atoms with Crippen LogP contribution in [0.1, 0.15) is 34.7 Å². The number of aryl methyl sites for hydroxylation is 3. The standard InChI is InChI=1S/C20H22F3N3O3/c1-9-4-11(20(21,22)23)6-12(5-9)24-19(28)17-15-7-14(27)18(29-15)16(17)13-8-26(3)25-10(13)2/h4-6,8,14-18,27H,7H2,1-3H3,(H,24,28)/t14-,15+,16+,17-,18-/m0/s1. The molecule has 0 unspecified atom stereocenters. The van der Waals surface area contributed by atoms with Crippen LogP contribution in [0.2, 0.25) is 0 Å². The van der Waals surface area contributed by atoms with Crippen molar-refractivity contribution in [1.82, 2.24) is 9.78 Å². The molecule has 2 bridgehead atoms. The Bertz CT molecular complexity index is 956. The molecule has 3 heterocycles. The van der Waals surface area contributed by atoms with Crippen molar-refractivity contribution in [3.8, 4) is 0 Å². The molecule has 0 aliphatic carbocycles. The Morgan fingerprint density at radius 1 is 1.31 bits per heavy atom. The fraction of sp³-hybridized carbons (Fsp3) is 0.500. The van der Waals surface area contributed by atoms with Crippen molar-refractivity contribution in [2.24, 2.45) is 13.0 Å². The van der Waals surface area contributed by atoms with E-state index in [1.165, 1.54) is 6.07 Å². The lowest BCUT2D eigenvalue weighted by Crippen LogP contribution is -2.41. The fourth-order valence-corrected chi connectivity index (χ4v) is 4.60. The van der Waals surface area contributed by atoms with E-state index in [0.717, 1.165) is 23.4 Å². The topological polar surface area (TPSA) is 76.4 Å². The van der Waals surface area contributed by atoms with E-state index in [-0.39, 0.29) is 5.69 Å². The number of benzene rings is 1. The van der Waals surface area contributed by atoms with Gasteiger partial charge < -0.3 is 15.2 Å². The molecule has 5 atom stereocenters. The Kier molecular flexibility index (Phi) is 4.70. The predicted octanol–water partition coefficient (Wildman–Crippen LogP) is 2.93. The summed E-state index contributed by atoms with van der Waals surface area (Å²) in [6.07, 6.45) is -4.11. The van der Waals surface area contributed by atoms with Crippen LogP contribution in [0.3, 0.4) is 0 Å². The lowest BCUT2D eigenvalue weighted by molar-refractivity contribution is -0.137. The molecule has 2 N–H and O–H groups in total. The summed E-state index contributed by atoms with van der Waals surface area (Å²) in [6.45, 7) is 3.36. The number of aliphatic hydroxyl groups is 1. The van der Waals surface area contributed by atoms with Gasteiger partial charge in [-0.25, -0.2) is 0 Å². The van der Waals surface area contributed by atoms with Gasteiger partial charge in [-0.05, 0) is 43.2 Å². The Balaban J connectivity index is 1.64. The number of aromatic nitrogens is 2. The molecule has 4 rings (SSSR count). The lowest BCUT2D eigenvalue weighted by atomic mass is 9.74. The third kappa shape index (κ3) is 3.53. The minimum Gasteiger partial charge on any atom is -0.390 e. The highest BCUT2D eigenvalue weighted by Crippen LogP contribution is 2.50. The Morgan fingerprint density at radius 3 is 2.66 bits per heavy atom. The number of anilines is 1. The van der Waals surface area contributed by atoms with Gasteiger partial charge in [0.25, 0.3) is 0 Å². The zero-order valence-electron chi connectivity index (χ0n) is 16.2. The third-order valence-corrected chi connectivity index (χ3v) is 5.71. The number of ether oxygens (including phenoxy) is 1. The number of rotatable bonds is 3. The molecule has 2 aliphatic rings. The minimum absolute atomic E-state index is 0.0901. The summed E-state index contributed by atoms with van der Waals surface area (Å²) in [5.41, 5.74) is 1.21. The van der Waals surface area contributed by atoms with E-state index in [9.17, 15) is 23.1 Å². The van der Waals surface area contributed by atoms with E-state index in [2.05, 4.69) is 10.4 Å². The number of hydrogen-bond acceptors (Lipinski definition) is 4. The van der Waals surface area contributed by atoms with Gasteiger partial charge in [-0.15, -0.1) is 0 Å². The predicted molar refractivity (Wildman–Crippen MR) is 98.3 cm³/mol.